The van der Waals surface area contributed by atoms with E-state index in [1.807, 2.05) is 0 Å². The van der Waals surface area contributed by atoms with E-state index in [1.165, 1.54) is 12.4 Å². The Morgan fingerprint density at radius 3 is 2.29 bits per heavy atom. The van der Waals surface area contributed by atoms with Crippen molar-refractivity contribution in [2.24, 2.45) is 0 Å². The van der Waals surface area contributed by atoms with Gasteiger partial charge >= 0.3 is 31.1 Å². The Morgan fingerprint density at radius 1 is 1.07 bits per heavy atom. The third kappa shape index (κ3) is 5.59. The van der Waals surface area contributed by atoms with E-state index >= 15 is 0 Å². The summed E-state index contributed by atoms with van der Waals surface area (Å²) in [5.74, 6) is -1.70. The first-order valence-corrected chi connectivity index (χ1v) is 8.32. The third-order valence-electron chi connectivity index (χ3n) is 3.79. The molecule has 138 valence electrons. The molecule has 0 bridgehead atoms. The van der Waals surface area contributed by atoms with Gasteiger partial charge in [0.2, 0.25) is 0 Å². The van der Waals surface area contributed by atoms with Crippen molar-refractivity contribution < 1.29 is 45.0 Å². The van der Waals surface area contributed by atoms with Gasteiger partial charge in [0.25, 0.3) is 0 Å². The second-order valence-electron chi connectivity index (χ2n) is 5.74. The van der Waals surface area contributed by atoms with E-state index in [1.54, 1.807) is 36.4 Å². The monoisotopic (exact) mass is 620 g/mol. The summed E-state index contributed by atoms with van der Waals surface area (Å²) in [7, 11) is 0. The molecule has 0 amide bonds. The summed E-state index contributed by atoms with van der Waals surface area (Å²) in [6.45, 7) is 0. The molecule has 0 saturated heterocycles. The molecule has 0 saturated carbocycles. The quantitative estimate of drug-likeness (QED) is 0.327. The van der Waals surface area contributed by atoms with Crippen LogP contribution in [0.2, 0.25) is 5.02 Å². The van der Waals surface area contributed by atoms with Gasteiger partial charge in [-0.1, -0.05) is 35.4 Å². The molecule has 2 aromatic carbocycles. The van der Waals surface area contributed by atoms with Crippen molar-refractivity contribution in [2.75, 3.05) is 0 Å². The molecule has 1 heterocycles. The molecule has 0 fully saturated rings. The van der Waals surface area contributed by atoms with E-state index in [4.69, 9.17) is 11.6 Å². The Morgan fingerprint density at radius 2 is 1.71 bits per heavy atom. The number of hydrogen-bond acceptors (Lipinski definition) is 2. The normalized spacial score (nSPS) is 12.2. The van der Waals surface area contributed by atoms with Crippen LogP contribution in [0, 0.1) is 48.8 Å². The first-order chi connectivity index (χ1) is 12.9. The second-order valence-corrected chi connectivity index (χ2v) is 6.18. The molecule has 0 aliphatic carbocycles. The van der Waals surface area contributed by atoms with Crippen LogP contribution in [0.5, 0.6) is 0 Å². The van der Waals surface area contributed by atoms with Crippen LogP contribution >= 0.6 is 11.6 Å². The van der Waals surface area contributed by atoms with Crippen molar-refractivity contribution in [3.8, 4) is 0 Å². The second kappa shape index (κ2) is 10.1. The Kier molecular flexibility index (Phi) is 8.09. The van der Waals surface area contributed by atoms with Crippen molar-refractivity contribution in [2.45, 2.75) is 6.10 Å². The fourth-order valence-corrected chi connectivity index (χ4v) is 2.62. The fraction of sp³-hybridized carbons (Fsp3) is 0.0476. The van der Waals surface area contributed by atoms with Crippen molar-refractivity contribution >= 4 is 17.3 Å². The molecule has 1 unspecified atom stereocenters. The predicted octanol–water partition coefficient (Wildman–Crippen LogP) is 4.88. The zero-order chi connectivity index (χ0) is 19.4. The molecule has 1 atom stereocenters. The summed E-state index contributed by atoms with van der Waals surface area (Å²) in [5.41, 5.74) is 0.222. The number of aliphatic hydroxyl groups excluding tert-OH is 1. The number of rotatable bonds is 5. The van der Waals surface area contributed by atoms with Gasteiger partial charge in [-0.25, -0.2) is 14.5 Å². The largest absolute Gasteiger partial charge is 2.00 e. The van der Waals surface area contributed by atoms with Gasteiger partial charge in [-0.15, -0.1) is 29.3 Å². The first kappa shape index (κ1) is 22.5. The van der Waals surface area contributed by atoms with E-state index in [0.717, 1.165) is 12.1 Å². The van der Waals surface area contributed by atoms with Crippen molar-refractivity contribution in [3.05, 3.63) is 117 Å². The van der Waals surface area contributed by atoms with Crippen molar-refractivity contribution in [1.82, 2.24) is 4.98 Å². The molecule has 3 aromatic rings. The van der Waals surface area contributed by atoms with E-state index in [0.29, 0.717) is 22.2 Å². The number of nitrogens with zero attached hydrogens (tertiary/aromatic N) is 2. The zero-order valence-corrected chi connectivity index (χ0v) is 19.3. The molecular formula is C21H13ClF2N2OU. The number of halogens is 3. The summed E-state index contributed by atoms with van der Waals surface area (Å²) >= 11 is 5.87. The maximum absolute atomic E-state index is 13.6. The van der Waals surface area contributed by atoms with E-state index in [-0.39, 0.29) is 42.2 Å². The molecule has 0 spiro atoms. The van der Waals surface area contributed by atoms with Gasteiger partial charge in [0.05, 0.1) is 6.10 Å². The minimum atomic E-state index is -1.32. The van der Waals surface area contributed by atoms with Crippen LogP contribution in [-0.2, 0) is 0 Å². The van der Waals surface area contributed by atoms with Gasteiger partial charge in [-0.3, -0.25) is 4.98 Å². The molecule has 0 aliphatic rings. The number of benzene rings is 2. The molecule has 0 radical (unpaired) electrons. The van der Waals surface area contributed by atoms with Crippen LogP contribution in [0.25, 0.3) is 5.41 Å². The Labute approximate surface area is 190 Å². The van der Waals surface area contributed by atoms with Gasteiger partial charge in [0.1, 0.15) is 11.6 Å². The molecule has 0 aliphatic heterocycles. The van der Waals surface area contributed by atoms with E-state index in [2.05, 4.69) is 11.1 Å². The summed E-state index contributed by atoms with van der Waals surface area (Å²) in [4.78, 5) is 3.94. The summed E-state index contributed by atoms with van der Waals surface area (Å²) < 4.78 is 27.1. The van der Waals surface area contributed by atoms with E-state index in [9.17, 15) is 19.3 Å². The Hall–Kier alpha value is -1.84. The average Bonchev–Trinajstić information content (AvgIpc) is 2.66. The maximum atomic E-state index is 13.6. The van der Waals surface area contributed by atoms with Crippen LogP contribution in [0.15, 0.2) is 72.6 Å². The smallest absolute Gasteiger partial charge is 0.854 e. The standard InChI is InChI=1S/C21H13ClF2N2O.U/c22-16-5-3-13(4-6-16)8-19(21(27)14-2-1-7-26-12-14)20(25)15-9-17(23)11-18(24)10-15;/h1-7,9-12,21,27H;/q-2;+2. The summed E-state index contributed by atoms with van der Waals surface area (Å²) in [6.07, 6.45) is 4.53. The number of aromatic nitrogens is 1. The van der Waals surface area contributed by atoms with Crippen LogP contribution in [0.1, 0.15) is 22.8 Å². The average molecular weight is 621 g/mol. The van der Waals surface area contributed by atoms with Gasteiger partial charge < -0.3 is 10.5 Å². The Bertz CT molecular complexity index is 975. The molecule has 1 aromatic heterocycles. The minimum absolute atomic E-state index is 0. The van der Waals surface area contributed by atoms with Gasteiger partial charge in [0.15, 0.2) is 0 Å². The topological polar surface area (TPSA) is 55.4 Å². The van der Waals surface area contributed by atoms with Gasteiger partial charge in [-0.2, -0.15) is 0 Å². The van der Waals surface area contributed by atoms with Crippen LogP contribution in [-0.4, -0.2) is 15.8 Å². The minimum Gasteiger partial charge on any atom is -0.854 e. The molecule has 3 rings (SSSR count). The molecular weight excluding hydrogens is 608 g/mol. The third-order valence-corrected chi connectivity index (χ3v) is 4.04. The van der Waals surface area contributed by atoms with Crippen LogP contribution < -0.4 is 0 Å². The molecule has 1 N–H and O–H groups in total. The fourth-order valence-electron chi connectivity index (χ4n) is 2.50. The van der Waals surface area contributed by atoms with Crippen LogP contribution in [0.4, 0.5) is 8.78 Å². The zero-order valence-electron chi connectivity index (χ0n) is 14.4. The maximum Gasteiger partial charge on any atom is 2.00 e. The Balaban J connectivity index is 0.00000280. The summed E-state index contributed by atoms with van der Waals surface area (Å²) in [6, 6.07) is 12.4. The number of pyridine rings is 1. The van der Waals surface area contributed by atoms with Gasteiger partial charge in [0, 0.05) is 29.0 Å². The summed E-state index contributed by atoms with van der Waals surface area (Å²) in [5, 5.41) is 21.9. The number of hydrogen-bond donors (Lipinski definition) is 1. The molecule has 7 heteroatoms. The van der Waals surface area contributed by atoms with E-state index < -0.39 is 23.5 Å². The SMILES string of the molecule is [N-]=C(C(=[C-]c1ccc(Cl)cc1)C(O)c1cccnc1)c1cc(F)cc(F)c1.[U+2]. The number of aliphatic hydroxyl groups is 1. The molecule has 28 heavy (non-hydrogen) atoms. The molecule has 3 nitrogen and oxygen atoms in total. The van der Waals surface area contributed by atoms with Crippen LogP contribution in [0.3, 0.4) is 0 Å². The van der Waals surface area contributed by atoms with Crippen molar-refractivity contribution in [1.29, 1.82) is 0 Å². The van der Waals surface area contributed by atoms with Gasteiger partial charge in [-0.05, 0) is 18.2 Å². The van der Waals surface area contributed by atoms with Crippen molar-refractivity contribution in [3.63, 3.8) is 0 Å². The predicted molar refractivity (Wildman–Crippen MR) is 100 cm³/mol. The first-order valence-electron chi connectivity index (χ1n) is 7.94.